The third-order valence-electron chi connectivity index (χ3n) is 3.05. The van der Waals surface area contributed by atoms with E-state index in [1.165, 1.54) is 0 Å². The first-order chi connectivity index (χ1) is 8.72. The van der Waals surface area contributed by atoms with Crippen LogP contribution in [0, 0.1) is 5.92 Å². The molecule has 2 aromatic rings. The van der Waals surface area contributed by atoms with Gasteiger partial charge in [-0.05, 0) is 18.4 Å². The molecular formula is C15H21NO2. The normalized spacial score (nSPS) is 11.6. The van der Waals surface area contributed by atoms with Crippen molar-refractivity contribution in [2.45, 2.75) is 33.4 Å². The summed E-state index contributed by atoms with van der Waals surface area (Å²) in [5, 5.41) is 1.11. The molecule has 1 aromatic heterocycles. The number of rotatable bonds is 6. The molecule has 0 spiro atoms. The second kappa shape index (κ2) is 6.03. The summed E-state index contributed by atoms with van der Waals surface area (Å²) in [5.41, 5.74) is 7.70. The molecule has 0 unspecified atom stereocenters. The Morgan fingerprint density at radius 3 is 2.78 bits per heavy atom. The minimum atomic E-state index is 0.414. The quantitative estimate of drug-likeness (QED) is 0.795. The highest BCUT2D eigenvalue weighted by Crippen LogP contribution is 2.26. The first-order valence-corrected chi connectivity index (χ1v) is 6.49. The van der Waals surface area contributed by atoms with Gasteiger partial charge in [0.2, 0.25) is 0 Å². The number of benzene rings is 1. The summed E-state index contributed by atoms with van der Waals surface area (Å²) in [7, 11) is 0. The van der Waals surface area contributed by atoms with E-state index in [9.17, 15) is 0 Å². The number of para-hydroxylation sites is 1. The molecule has 3 nitrogen and oxygen atoms in total. The van der Waals surface area contributed by atoms with Gasteiger partial charge in [0.1, 0.15) is 11.3 Å². The zero-order chi connectivity index (χ0) is 13.0. The van der Waals surface area contributed by atoms with E-state index in [-0.39, 0.29) is 0 Å². The molecule has 0 bridgehead atoms. The Hall–Kier alpha value is -1.32. The second-order valence-corrected chi connectivity index (χ2v) is 4.94. The van der Waals surface area contributed by atoms with Crippen LogP contribution in [0.15, 0.2) is 28.7 Å². The minimum absolute atomic E-state index is 0.414. The Bertz CT molecular complexity index is 502. The van der Waals surface area contributed by atoms with Gasteiger partial charge in [0.25, 0.3) is 0 Å². The Balaban J connectivity index is 2.10. The van der Waals surface area contributed by atoms with Gasteiger partial charge in [-0.15, -0.1) is 0 Å². The summed E-state index contributed by atoms with van der Waals surface area (Å²) in [5.74, 6) is 1.50. The van der Waals surface area contributed by atoms with Crippen LogP contribution in [-0.2, 0) is 17.9 Å². The zero-order valence-electron chi connectivity index (χ0n) is 11.1. The largest absolute Gasteiger partial charge is 0.459 e. The van der Waals surface area contributed by atoms with Gasteiger partial charge < -0.3 is 14.9 Å². The Labute approximate surface area is 108 Å². The molecule has 0 saturated heterocycles. The van der Waals surface area contributed by atoms with Crippen LogP contribution in [0.5, 0.6) is 0 Å². The topological polar surface area (TPSA) is 48.4 Å². The molecule has 0 radical (unpaired) electrons. The van der Waals surface area contributed by atoms with Gasteiger partial charge in [0.15, 0.2) is 0 Å². The predicted molar refractivity (Wildman–Crippen MR) is 73.2 cm³/mol. The maximum atomic E-state index is 5.72. The first-order valence-electron chi connectivity index (χ1n) is 6.49. The number of hydrogen-bond donors (Lipinski definition) is 1. The van der Waals surface area contributed by atoms with E-state index in [4.69, 9.17) is 14.9 Å². The van der Waals surface area contributed by atoms with Crippen LogP contribution in [0.25, 0.3) is 11.0 Å². The summed E-state index contributed by atoms with van der Waals surface area (Å²) >= 11 is 0. The first kappa shape index (κ1) is 13.1. The van der Waals surface area contributed by atoms with Gasteiger partial charge in [-0.25, -0.2) is 0 Å². The molecule has 3 heteroatoms. The fourth-order valence-electron chi connectivity index (χ4n) is 1.97. The number of furan rings is 1. The number of fused-ring (bicyclic) bond motifs is 1. The smallest absolute Gasteiger partial charge is 0.134 e. The Morgan fingerprint density at radius 2 is 2.06 bits per heavy atom. The van der Waals surface area contributed by atoms with E-state index in [0.29, 0.717) is 19.1 Å². The maximum absolute atomic E-state index is 5.72. The maximum Gasteiger partial charge on any atom is 0.134 e. The monoisotopic (exact) mass is 247 g/mol. The molecule has 1 aromatic carbocycles. The summed E-state index contributed by atoms with van der Waals surface area (Å²) in [4.78, 5) is 0. The van der Waals surface area contributed by atoms with Gasteiger partial charge in [-0.2, -0.15) is 0 Å². The molecule has 18 heavy (non-hydrogen) atoms. The van der Waals surface area contributed by atoms with E-state index in [1.54, 1.807) is 0 Å². The van der Waals surface area contributed by atoms with Crippen LogP contribution in [0.3, 0.4) is 0 Å². The van der Waals surface area contributed by atoms with Crippen molar-refractivity contribution in [3.05, 3.63) is 35.6 Å². The molecule has 2 N–H and O–H groups in total. The van der Waals surface area contributed by atoms with Crippen LogP contribution in [0.4, 0.5) is 0 Å². The second-order valence-electron chi connectivity index (χ2n) is 4.94. The van der Waals surface area contributed by atoms with E-state index in [2.05, 4.69) is 19.9 Å². The van der Waals surface area contributed by atoms with Crippen LogP contribution in [0.1, 0.15) is 31.6 Å². The molecule has 98 valence electrons. The SMILES string of the molecule is CC(C)CCOCc1c(CN)oc2ccccc12. The third kappa shape index (κ3) is 2.92. The molecular weight excluding hydrogens is 226 g/mol. The van der Waals surface area contributed by atoms with Crippen molar-refractivity contribution < 1.29 is 9.15 Å². The molecule has 0 fully saturated rings. The highest BCUT2D eigenvalue weighted by molar-refractivity contribution is 5.82. The summed E-state index contributed by atoms with van der Waals surface area (Å²) < 4.78 is 11.4. The van der Waals surface area contributed by atoms with Crippen LogP contribution in [-0.4, -0.2) is 6.61 Å². The van der Waals surface area contributed by atoms with Crippen molar-refractivity contribution in [1.29, 1.82) is 0 Å². The molecule has 0 aliphatic carbocycles. The van der Waals surface area contributed by atoms with E-state index in [0.717, 1.165) is 35.3 Å². The van der Waals surface area contributed by atoms with E-state index in [1.807, 2.05) is 18.2 Å². The number of ether oxygens (including phenoxy) is 1. The van der Waals surface area contributed by atoms with Crippen molar-refractivity contribution >= 4 is 11.0 Å². The Kier molecular flexibility index (Phi) is 4.39. The van der Waals surface area contributed by atoms with Gasteiger partial charge >= 0.3 is 0 Å². The fraction of sp³-hybridized carbons (Fsp3) is 0.467. The lowest BCUT2D eigenvalue weighted by atomic mass is 10.1. The van der Waals surface area contributed by atoms with Crippen LogP contribution in [0.2, 0.25) is 0 Å². The van der Waals surface area contributed by atoms with Crippen LogP contribution < -0.4 is 5.73 Å². The third-order valence-corrected chi connectivity index (χ3v) is 3.05. The van der Waals surface area contributed by atoms with Gasteiger partial charge in [-0.3, -0.25) is 0 Å². The number of hydrogen-bond acceptors (Lipinski definition) is 3. The average molecular weight is 247 g/mol. The van der Waals surface area contributed by atoms with Crippen molar-refractivity contribution in [3.8, 4) is 0 Å². The summed E-state index contributed by atoms with van der Waals surface area (Å²) in [6, 6.07) is 8.00. The molecule has 0 aliphatic heterocycles. The lowest BCUT2D eigenvalue weighted by molar-refractivity contribution is 0.110. The molecule has 0 amide bonds. The average Bonchev–Trinajstić information content (AvgIpc) is 2.72. The van der Waals surface area contributed by atoms with Gasteiger partial charge in [0.05, 0.1) is 13.2 Å². The van der Waals surface area contributed by atoms with Gasteiger partial charge in [-0.1, -0.05) is 32.0 Å². The molecule has 1 heterocycles. The standard InChI is InChI=1S/C15H21NO2/c1-11(2)7-8-17-10-13-12-5-3-4-6-14(12)18-15(13)9-16/h3-6,11H,7-10,16H2,1-2H3. The molecule has 0 saturated carbocycles. The summed E-state index contributed by atoms with van der Waals surface area (Å²) in [6.07, 6.45) is 1.08. The minimum Gasteiger partial charge on any atom is -0.459 e. The predicted octanol–water partition coefficient (Wildman–Crippen LogP) is 3.45. The lowest BCUT2D eigenvalue weighted by Gasteiger charge is -2.06. The highest BCUT2D eigenvalue weighted by Gasteiger charge is 2.12. The fourth-order valence-corrected chi connectivity index (χ4v) is 1.97. The van der Waals surface area contributed by atoms with Crippen LogP contribution >= 0.6 is 0 Å². The Morgan fingerprint density at radius 1 is 1.28 bits per heavy atom. The highest BCUT2D eigenvalue weighted by atomic mass is 16.5. The molecule has 0 atom stereocenters. The number of nitrogens with two attached hydrogens (primary N) is 1. The van der Waals surface area contributed by atoms with Crippen molar-refractivity contribution in [2.24, 2.45) is 11.7 Å². The molecule has 0 aliphatic rings. The summed E-state index contributed by atoms with van der Waals surface area (Å²) in [6.45, 7) is 6.17. The van der Waals surface area contributed by atoms with Crippen molar-refractivity contribution in [2.75, 3.05) is 6.61 Å². The lowest BCUT2D eigenvalue weighted by Crippen LogP contribution is -2.03. The van der Waals surface area contributed by atoms with E-state index >= 15 is 0 Å². The van der Waals surface area contributed by atoms with E-state index < -0.39 is 0 Å². The van der Waals surface area contributed by atoms with Gasteiger partial charge in [0, 0.05) is 17.6 Å². The van der Waals surface area contributed by atoms with Crippen molar-refractivity contribution in [3.63, 3.8) is 0 Å². The van der Waals surface area contributed by atoms with Crippen molar-refractivity contribution in [1.82, 2.24) is 0 Å². The zero-order valence-corrected chi connectivity index (χ0v) is 11.1. The molecule has 2 rings (SSSR count).